The average Bonchev–Trinajstić information content (AvgIpc) is 3.09. The number of nitrogens with one attached hydrogen (secondary N) is 2. The number of rotatable bonds is 5. The van der Waals surface area contributed by atoms with Crippen molar-refractivity contribution in [2.75, 3.05) is 26.7 Å². The summed E-state index contributed by atoms with van der Waals surface area (Å²) < 4.78 is 0. The number of likely N-dealkylation sites (tertiary alicyclic amines) is 1. The molecule has 0 bridgehead atoms. The molecule has 1 aromatic heterocycles. The standard InChI is InChI=1S/C18H24N4O/c1-22-9-3-4-14(13-22)7-8-19-18(23)16-6-2-5-15(10-16)17-11-20-21-12-17/h2,5-6,10-12,14H,3-4,7-9,13H2,1H3,(H,19,23)(H,20,21). The minimum atomic E-state index is -0.000455. The maximum absolute atomic E-state index is 12.3. The maximum Gasteiger partial charge on any atom is 0.251 e. The van der Waals surface area contributed by atoms with Gasteiger partial charge in [-0.1, -0.05) is 12.1 Å². The van der Waals surface area contributed by atoms with Crippen molar-refractivity contribution in [2.45, 2.75) is 19.3 Å². The summed E-state index contributed by atoms with van der Waals surface area (Å²) in [6.07, 6.45) is 7.18. The zero-order chi connectivity index (χ0) is 16.1. The zero-order valence-electron chi connectivity index (χ0n) is 13.6. The number of hydrogen-bond donors (Lipinski definition) is 2. The Kier molecular flexibility index (Phi) is 5.08. The second-order valence-corrected chi connectivity index (χ2v) is 6.38. The highest BCUT2D eigenvalue weighted by Gasteiger charge is 2.17. The molecular weight excluding hydrogens is 288 g/mol. The smallest absolute Gasteiger partial charge is 0.251 e. The Labute approximate surface area is 137 Å². The van der Waals surface area contributed by atoms with E-state index in [2.05, 4.69) is 27.5 Å². The van der Waals surface area contributed by atoms with Gasteiger partial charge in [-0.2, -0.15) is 5.10 Å². The lowest BCUT2D eigenvalue weighted by molar-refractivity contribution is 0.0948. The third kappa shape index (κ3) is 4.20. The summed E-state index contributed by atoms with van der Waals surface area (Å²) in [5, 5.41) is 9.80. The lowest BCUT2D eigenvalue weighted by Gasteiger charge is -2.29. The van der Waals surface area contributed by atoms with Crippen molar-refractivity contribution in [1.29, 1.82) is 0 Å². The Hall–Kier alpha value is -2.14. The van der Waals surface area contributed by atoms with E-state index in [4.69, 9.17) is 0 Å². The van der Waals surface area contributed by atoms with Crippen LogP contribution in [0.5, 0.6) is 0 Å². The highest BCUT2D eigenvalue weighted by Crippen LogP contribution is 2.19. The summed E-state index contributed by atoms with van der Waals surface area (Å²) in [5.74, 6) is 0.700. The van der Waals surface area contributed by atoms with E-state index in [-0.39, 0.29) is 5.91 Å². The summed E-state index contributed by atoms with van der Waals surface area (Å²) in [6.45, 7) is 3.09. The Balaban J connectivity index is 1.53. The molecule has 0 spiro atoms. The molecule has 5 heteroatoms. The first kappa shape index (κ1) is 15.7. The quantitative estimate of drug-likeness (QED) is 0.892. The molecule has 2 aromatic rings. The van der Waals surface area contributed by atoms with Crippen molar-refractivity contribution >= 4 is 5.91 Å². The summed E-state index contributed by atoms with van der Waals surface area (Å²) >= 11 is 0. The molecule has 0 aliphatic carbocycles. The molecule has 23 heavy (non-hydrogen) atoms. The molecule has 2 heterocycles. The van der Waals surface area contributed by atoms with Gasteiger partial charge in [0.05, 0.1) is 6.20 Å². The second kappa shape index (κ2) is 7.42. The van der Waals surface area contributed by atoms with Gasteiger partial charge in [0, 0.05) is 30.4 Å². The summed E-state index contributed by atoms with van der Waals surface area (Å²) in [5.41, 5.74) is 2.69. The number of aromatic amines is 1. The van der Waals surface area contributed by atoms with Gasteiger partial charge in [-0.05, 0) is 56.5 Å². The van der Waals surface area contributed by atoms with E-state index in [1.54, 1.807) is 6.20 Å². The van der Waals surface area contributed by atoms with Crippen LogP contribution in [-0.2, 0) is 0 Å². The van der Waals surface area contributed by atoms with Crippen LogP contribution in [-0.4, -0.2) is 47.7 Å². The fourth-order valence-corrected chi connectivity index (χ4v) is 3.25. The number of aromatic nitrogens is 2. The topological polar surface area (TPSA) is 61.0 Å². The number of carbonyl (C=O) groups excluding carboxylic acids is 1. The Morgan fingerprint density at radius 1 is 1.43 bits per heavy atom. The van der Waals surface area contributed by atoms with E-state index in [0.717, 1.165) is 30.6 Å². The van der Waals surface area contributed by atoms with Gasteiger partial charge in [0.2, 0.25) is 0 Å². The highest BCUT2D eigenvalue weighted by atomic mass is 16.1. The van der Waals surface area contributed by atoms with E-state index in [1.807, 2.05) is 30.5 Å². The van der Waals surface area contributed by atoms with Gasteiger partial charge in [0.25, 0.3) is 5.91 Å². The number of benzene rings is 1. The van der Waals surface area contributed by atoms with Crippen LogP contribution in [0.3, 0.4) is 0 Å². The molecule has 0 radical (unpaired) electrons. The molecule has 1 amide bonds. The Morgan fingerprint density at radius 2 is 2.35 bits per heavy atom. The molecule has 1 atom stereocenters. The van der Waals surface area contributed by atoms with E-state index in [9.17, 15) is 4.79 Å². The van der Waals surface area contributed by atoms with Crippen LogP contribution in [0.15, 0.2) is 36.7 Å². The normalized spacial score (nSPS) is 18.7. The lowest BCUT2D eigenvalue weighted by Crippen LogP contribution is -2.34. The van der Waals surface area contributed by atoms with Gasteiger partial charge in [0.1, 0.15) is 0 Å². The molecule has 5 nitrogen and oxygen atoms in total. The largest absolute Gasteiger partial charge is 0.352 e. The van der Waals surface area contributed by atoms with E-state index in [0.29, 0.717) is 11.5 Å². The molecule has 3 rings (SSSR count). The molecule has 122 valence electrons. The van der Waals surface area contributed by atoms with Gasteiger partial charge in [-0.15, -0.1) is 0 Å². The molecule has 1 aromatic carbocycles. The van der Waals surface area contributed by atoms with Crippen molar-refractivity contribution in [3.8, 4) is 11.1 Å². The van der Waals surface area contributed by atoms with Gasteiger partial charge in [-0.3, -0.25) is 9.89 Å². The second-order valence-electron chi connectivity index (χ2n) is 6.38. The van der Waals surface area contributed by atoms with Gasteiger partial charge < -0.3 is 10.2 Å². The number of hydrogen-bond acceptors (Lipinski definition) is 3. The first-order valence-electron chi connectivity index (χ1n) is 8.28. The van der Waals surface area contributed by atoms with Crippen LogP contribution < -0.4 is 5.32 Å². The van der Waals surface area contributed by atoms with Gasteiger partial charge in [-0.25, -0.2) is 0 Å². The van der Waals surface area contributed by atoms with Crippen molar-refractivity contribution in [2.24, 2.45) is 5.92 Å². The third-order valence-corrected chi connectivity index (χ3v) is 4.52. The van der Waals surface area contributed by atoms with Crippen LogP contribution in [0.25, 0.3) is 11.1 Å². The van der Waals surface area contributed by atoms with Crippen molar-refractivity contribution < 1.29 is 4.79 Å². The molecule has 1 unspecified atom stereocenters. The molecule has 1 aliphatic rings. The van der Waals surface area contributed by atoms with Crippen LogP contribution >= 0.6 is 0 Å². The van der Waals surface area contributed by atoms with Crippen molar-refractivity contribution in [1.82, 2.24) is 20.4 Å². The summed E-state index contributed by atoms with van der Waals surface area (Å²) in [7, 11) is 2.17. The first-order chi connectivity index (χ1) is 11.2. The average molecular weight is 312 g/mol. The molecule has 1 fully saturated rings. The zero-order valence-corrected chi connectivity index (χ0v) is 13.6. The monoisotopic (exact) mass is 312 g/mol. The van der Waals surface area contributed by atoms with E-state index >= 15 is 0 Å². The van der Waals surface area contributed by atoms with Crippen LogP contribution in [0.2, 0.25) is 0 Å². The van der Waals surface area contributed by atoms with Crippen LogP contribution in [0, 0.1) is 5.92 Å². The van der Waals surface area contributed by atoms with E-state index < -0.39 is 0 Å². The molecule has 0 saturated carbocycles. The fraction of sp³-hybridized carbons (Fsp3) is 0.444. The number of carbonyl (C=O) groups is 1. The highest BCUT2D eigenvalue weighted by molar-refractivity contribution is 5.95. The van der Waals surface area contributed by atoms with Crippen LogP contribution in [0.4, 0.5) is 0 Å². The number of amides is 1. The van der Waals surface area contributed by atoms with Gasteiger partial charge >= 0.3 is 0 Å². The lowest BCUT2D eigenvalue weighted by atomic mass is 9.95. The SMILES string of the molecule is CN1CCCC(CCNC(=O)c2cccc(-c3cn[nH]c3)c2)C1. The first-order valence-corrected chi connectivity index (χ1v) is 8.28. The van der Waals surface area contributed by atoms with Gasteiger partial charge in [0.15, 0.2) is 0 Å². The molecule has 1 saturated heterocycles. The van der Waals surface area contributed by atoms with Crippen LogP contribution in [0.1, 0.15) is 29.6 Å². The minimum absolute atomic E-state index is 0.000455. The maximum atomic E-state index is 12.3. The molecule has 1 aliphatic heterocycles. The van der Waals surface area contributed by atoms with Crippen molar-refractivity contribution in [3.63, 3.8) is 0 Å². The Bertz CT molecular complexity index is 638. The molecule has 2 N–H and O–H groups in total. The molecular formula is C18H24N4O. The number of H-pyrrole nitrogens is 1. The predicted octanol–water partition coefficient (Wildman–Crippen LogP) is 2.54. The number of nitrogens with zero attached hydrogens (tertiary/aromatic N) is 2. The van der Waals surface area contributed by atoms with Crippen molar-refractivity contribution in [3.05, 3.63) is 42.2 Å². The third-order valence-electron chi connectivity index (χ3n) is 4.52. The summed E-state index contributed by atoms with van der Waals surface area (Å²) in [6, 6.07) is 7.66. The predicted molar refractivity (Wildman–Crippen MR) is 91.2 cm³/mol. The minimum Gasteiger partial charge on any atom is -0.352 e. The van der Waals surface area contributed by atoms with E-state index in [1.165, 1.54) is 19.4 Å². The number of piperidine rings is 1. The fourth-order valence-electron chi connectivity index (χ4n) is 3.25. The Morgan fingerprint density at radius 3 is 3.13 bits per heavy atom. The summed E-state index contributed by atoms with van der Waals surface area (Å²) in [4.78, 5) is 14.7.